The van der Waals surface area contributed by atoms with Gasteiger partial charge in [0.15, 0.2) is 0 Å². The molecule has 5 nitrogen and oxygen atoms in total. The van der Waals surface area contributed by atoms with Crippen molar-refractivity contribution in [2.75, 3.05) is 10.6 Å². The molecule has 1 unspecified atom stereocenters. The quantitative estimate of drug-likeness (QED) is 0.731. The van der Waals surface area contributed by atoms with Crippen LogP contribution < -0.4 is 10.6 Å². The van der Waals surface area contributed by atoms with Crippen molar-refractivity contribution < 1.29 is 4.79 Å². The zero-order valence-corrected chi connectivity index (χ0v) is 14.2. The monoisotopic (exact) mass is 346 g/mol. The number of rotatable bonds is 4. The molecule has 118 valence electrons. The van der Waals surface area contributed by atoms with Crippen LogP contribution in [0.4, 0.5) is 11.5 Å². The van der Waals surface area contributed by atoms with Crippen molar-refractivity contribution in [2.45, 2.75) is 19.9 Å². The molecule has 0 aliphatic heterocycles. The molecule has 0 aliphatic carbocycles. The second-order valence-electron chi connectivity index (χ2n) is 5.16. The Bertz CT molecular complexity index is 847. The molecule has 3 aromatic rings. The van der Waals surface area contributed by atoms with Crippen molar-refractivity contribution in [3.05, 3.63) is 46.6 Å². The number of anilines is 2. The summed E-state index contributed by atoms with van der Waals surface area (Å²) in [4.78, 5) is 20.4. The second-order valence-corrected chi connectivity index (χ2v) is 6.42. The number of benzene rings is 1. The third kappa shape index (κ3) is 3.43. The van der Waals surface area contributed by atoms with E-state index in [1.807, 2.05) is 36.6 Å². The molecule has 7 heteroatoms. The Morgan fingerprint density at radius 3 is 2.70 bits per heavy atom. The normalized spacial score (nSPS) is 12.1. The molecule has 0 fully saturated rings. The van der Waals surface area contributed by atoms with Gasteiger partial charge in [0.05, 0.1) is 10.4 Å². The van der Waals surface area contributed by atoms with E-state index in [1.54, 1.807) is 0 Å². The zero-order valence-electron chi connectivity index (χ0n) is 12.6. The van der Waals surface area contributed by atoms with E-state index in [4.69, 9.17) is 11.6 Å². The lowest BCUT2D eigenvalue weighted by molar-refractivity contribution is -0.114. The summed E-state index contributed by atoms with van der Waals surface area (Å²) in [7, 11) is 0. The molecular formula is C16H15ClN4OS. The van der Waals surface area contributed by atoms with E-state index in [1.165, 1.54) is 24.6 Å². The smallest absolute Gasteiger partial charge is 0.221 e. The van der Waals surface area contributed by atoms with Crippen LogP contribution in [0.5, 0.6) is 0 Å². The number of carbonyl (C=O) groups is 1. The lowest BCUT2D eigenvalue weighted by atomic mass is 10.1. The predicted molar refractivity (Wildman–Crippen MR) is 95.2 cm³/mol. The minimum absolute atomic E-state index is 0.0374. The maximum absolute atomic E-state index is 11.1. The number of halogens is 1. The lowest BCUT2D eigenvalue weighted by Crippen LogP contribution is -2.09. The molecule has 0 aliphatic rings. The van der Waals surface area contributed by atoms with Crippen LogP contribution in [0.15, 0.2) is 36.0 Å². The van der Waals surface area contributed by atoms with Crippen LogP contribution in [-0.4, -0.2) is 15.9 Å². The molecule has 1 amide bonds. The highest BCUT2D eigenvalue weighted by Gasteiger charge is 2.13. The van der Waals surface area contributed by atoms with Crippen LogP contribution in [0.3, 0.4) is 0 Å². The molecule has 2 heterocycles. The molecule has 0 bridgehead atoms. The first-order chi connectivity index (χ1) is 11.0. The Labute approximate surface area is 142 Å². The first-order valence-corrected chi connectivity index (χ1v) is 8.32. The van der Waals surface area contributed by atoms with Gasteiger partial charge in [0.1, 0.15) is 17.0 Å². The summed E-state index contributed by atoms with van der Waals surface area (Å²) in [6.07, 6.45) is 1.53. The van der Waals surface area contributed by atoms with E-state index in [-0.39, 0.29) is 11.9 Å². The number of carbonyl (C=O) groups excluding carboxylic acids is 1. The summed E-state index contributed by atoms with van der Waals surface area (Å²) in [6, 6.07) is 7.73. The summed E-state index contributed by atoms with van der Waals surface area (Å²) in [5.74, 6) is 0.638. The number of aromatic nitrogens is 2. The van der Waals surface area contributed by atoms with E-state index in [0.29, 0.717) is 5.02 Å². The Kier molecular flexibility index (Phi) is 4.45. The largest absolute Gasteiger partial charge is 0.363 e. The summed E-state index contributed by atoms with van der Waals surface area (Å²) in [5.41, 5.74) is 1.86. The Morgan fingerprint density at radius 1 is 1.26 bits per heavy atom. The third-order valence-electron chi connectivity index (χ3n) is 3.41. The molecule has 2 N–H and O–H groups in total. The molecule has 1 aromatic carbocycles. The van der Waals surface area contributed by atoms with Gasteiger partial charge in [-0.25, -0.2) is 9.97 Å². The highest BCUT2D eigenvalue weighted by atomic mass is 35.5. The van der Waals surface area contributed by atoms with Gasteiger partial charge in [0.2, 0.25) is 5.91 Å². The van der Waals surface area contributed by atoms with Crippen molar-refractivity contribution in [3.8, 4) is 0 Å². The Morgan fingerprint density at radius 2 is 2.00 bits per heavy atom. The fourth-order valence-electron chi connectivity index (χ4n) is 2.30. The number of hydrogen-bond donors (Lipinski definition) is 2. The highest BCUT2D eigenvalue weighted by Crippen LogP contribution is 2.34. The van der Waals surface area contributed by atoms with Crippen molar-refractivity contribution in [2.24, 2.45) is 0 Å². The maximum atomic E-state index is 11.1. The molecule has 0 saturated carbocycles. The molecule has 0 radical (unpaired) electrons. The summed E-state index contributed by atoms with van der Waals surface area (Å²) in [6.45, 7) is 3.53. The molecular weight excluding hydrogens is 332 g/mol. The Balaban J connectivity index is 1.81. The predicted octanol–water partition coefficient (Wildman–Crippen LogP) is 4.48. The minimum atomic E-state index is -0.0839. The first kappa shape index (κ1) is 15.7. The van der Waals surface area contributed by atoms with E-state index >= 15 is 0 Å². The number of nitrogens with one attached hydrogen (secondary N) is 2. The van der Waals surface area contributed by atoms with Crippen molar-refractivity contribution in [3.63, 3.8) is 0 Å². The van der Waals surface area contributed by atoms with Gasteiger partial charge in [-0.05, 0) is 24.6 Å². The third-order valence-corrected chi connectivity index (χ3v) is 4.72. The lowest BCUT2D eigenvalue weighted by Gasteiger charge is -2.16. The number of fused-ring (bicyclic) bond motifs is 1. The molecule has 2 aromatic heterocycles. The number of amides is 1. The number of hydrogen-bond acceptors (Lipinski definition) is 5. The van der Waals surface area contributed by atoms with E-state index in [0.717, 1.165) is 27.3 Å². The van der Waals surface area contributed by atoms with Crippen LogP contribution in [0.1, 0.15) is 25.5 Å². The number of thiophene rings is 1. The van der Waals surface area contributed by atoms with Crippen molar-refractivity contribution >= 4 is 50.6 Å². The van der Waals surface area contributed by atoms with Gasteiger partial charge < -0.3 is 10.6 Å². The van der Waals surface area contributed by atoms with Gasteiger partial charge in [-0.3, -0.25) is 4.79 Å². The van der Waals surface area contributed by atoms with Gasteiger partial charge in [0, 0.05) is 24.0 Å². The molecule has 23 heavy (non-hydrogen) atoms. The van der Waals surface area contributed by atoms with Crippen molar-refractivity contribution in [1.82, 2.24) is 9.97 Å². The zero-order chi connectivity index (χ0) is 16.4. The first-order valence-electron chi connectivity index (χ1n) is 7.06. The van der Waals surface area contributed by atoms with Gasteiger partial charge in [0.25, 0.3) is 0 Å². The van der Waals surface area contributed by atoms with Gasteiger partial charge in [-0.2, -0.15) is 0 Å². The van der Waals surface area contributed by atoms with Crippen LogP contribution in [0, 0.1) is 0 Å². The van der Waals surface area contributed by atoms with Crippen LogP contribution in [0.2, 0.25) is 5.02 Å². The van der Waals surface area contributed by atoms with Gasteiger partial charge >= 0.3 is 0 Å². The minimum Gasteiger partial charge on any atom is -0.363 e. The van der Waals surface area contributed by atoms with Crippen LogP contribution >= 0.6 is 22.9 Å². The van der Waals surface area contributed by atoms with E-state index in [2.05, 4.69) is 20.6 Å². The summed E-state index contributed by atoms with van der Waals surface area (Å²) >= 11 is 7.72. The molecule has 3 rings (SSSR count). The summed E-state index contributed by atoms with van der Waals surface area (Å²) < 4.78 is 0. The van der Waals surface area contributed by atoms with E-state index < -0.39 is 0 Å². The average Bonchev–Trinajstić information content (AvgIpc) is 2.90. The van der Waals surface area contributed by atoms with Gasteiger partial charge in [-0.1, -0.05) is 23.7 Å². The molecule has 0 saturated heterocycles. The number of nitrogens with zero attached hydrogens (tertiary/aromatic N) is 2. The fraction of sp³-hybridized carbons (Fsp3) is 0.188. The maximum Gasteiger partial charge on any atom is 0.221 e. The Hall–Kier alpha value is -2.18. The fourth-order valence-corrected chi connectivity index (χ4v) is 3.43. The topological polar surface area (TPSA) is 66.9 Å². The van der Waals surface area contributed by atoms with E-state index in [9.17, 15) is 4.79 Å². The average molecular weight is 347 g/mol. The molecule has 1 atom stereocenters. The molecule has 0 spiro atoms. The second kappa shape index (κ2) is 6.52. The SMILES string of the molecule is CC(=O)Nc1ccc(C(C)Nc2ncnc3scc(Cl)c23)cc1. The van der Waals surface area contributed by atoms with Gasteiger partial charge in [-0.15, -0.1) is 11.3 Å². The summed E-state index contributed by atoms with van der Waals surface area (Å²) in [5, 5.41) is 9.49. The van der Waals surface area contributed by atoms with Crippen LogP contribution in [0.25, 0.3) is 10.2 Å². The standard InChI is InChI=1S/C16H15ClN4OS/c1-9(11-3-5-12(6-4-11)21-10(2)22)20-15-14-13(17)7-23-16(14)19-8-18-15/h3-9H,1-2H3,(H,21,22)(H,18,19,20). The van der Waals surface area contributed by atoms with Crippen molar-refractivity contribution in [1.29, 1.82) is 0 Å². The van der Waals surface area contributed by atoms with Crippen LogP contribution in [-0.2, 0) is 4.79 Å². The highest BCUT2D eigenvalue weighted by molar-refractivity contribution is 7.17.